The van der Waals surface area contributed by atoms with Crippen molar-refractivity contribution in [2.24, 2.45) is 23.7 Å². The van der Waals surface area contributed by atoms with Gasteiger partial charge in [0, 0.05) is 23.7 Å². The van der Waals surface area contributed by atoms with Gasteiger partial charge in [-0.05, 0) is 26.2 Å². The van der Waals surface area contributed by atoms with E-state index in [1.54, 1.807) is 6.92 Å². The van der Waals surface area contributed by atoms with Crippen LogP contribution in [0.15, 0.2) is 0 Å². The van der Waals surface area contributed by atoms with E-state index < -0.39 is 0 Å². The van der Waals surface area contributed by atoms with E-state index in [0.717, 1.165) is 0 Å². The van der Waals surface area contributed by atoms with Crippen molar-refractivity contribution >= 4 is 0 Å². The molecule has 3 heteroatoms. The first-order chi connectivity index (χ1) is 8.07. The van der Waals surface area contributed by atoms with E-state index in [1.807, 2.05) is 6.92 Å². The average Bonchev–Trinajstić information content (AvgIpc) is 2.36. The summed E-state index contributed by atoms with van der Waals surface area (Å²) in [6.45, 7) is 3.68. The zero-order valence-corrected chi connectivity index (χ0v) is 10.3. The molecular weight excluding hydrogens is 210 g/mol. The van der Waals surface area contributed by atoms with E-state index >= 15 is 0 Å². The van der Waals surface area contributed by atoms with Crippen molar-refractivity contribution < 1.29 is 0 Å². The molecule has 0 aliphatic carbocycles. The first-order valence-corrected chi connectivity index (χ1v) is 5.72. The van der Waals surface area contributed by atoms with Crippen LogP contribution in [0.4, 0.5) is 0 Å². The Balaban J connectivity index is 4.36. The summed E-state index contributed by atoms with van der Waals surface area (Å²) in [6, 6.07) is 6.47. The third-order valence-electron chi connectivity index (χ3n) is 2.72. The molecule has 0 rings (SSSR count). The molecule has 3 nitrogen and oxygen atoms in total. The Labute approximate surface area is 104 Å². The molecule has 0 aromatic rings. The highest BCUT2D eigenvalue weighted by atomic mass is 14.3. The molecule has 17 heavy (non-hydrogen) atoms. The zero-order chi connectivity index (χ0) is 13.3. The number of hydrogen-bond donors (Lipinski definition) is 0. The van der Waals surface area contributed by atoms with Crippen LogP contribution in [-0.2, 0) is 0 Å². The predicted molar refractivity (Wildman–Crippen MR) is 64.8 cm³/mol. The molecule has 0 aliphatic rings. The highest BCUT2D eigenvalue weighted by Crippen LogP contribution is 2.23. The van der Waals surface area contributed by atoms with Crippen LogP contribution in [0.25, 0.3) is 0 Å². The van der Waals surface area contributed by atoms with Gasteiger partial charge in [-0.3, -0.25) is 0 Å². The lowest BCUT2D eigenvalue weighted by molar-refractivity contribution is 0.404. The van der Waals surface area contributed by atoms with Crippen molar-refractivity contribution in [3.8, 4) is 30.6 Å². The summed E-state index contributed by atoms with van der Waals surface area (Å²) in [5.74, 6) is 2.05. The van der Waals surface area contributed by atoms with Crippen LogP contribution in [0.3, 0.4) is 0 Å². The van der Waals surface area contributed by atoms with Gasteiger partial charge in [0.05, 0.1) is 18.2 Å². The van der Waals surface area contributed by atoms with Gasteiger partial charge in [-0.2, -0.15) is 15.8 Å². The van der Waals surface area contributed by atoms with Gasteiger partial charge in [0.25, 0.3) is 0 Å². The lowest BCUT2D eigenvalue weighted by Gasteiger charge is -2.15. The quantitative estimate of drug-likeness (QED) is 0.655. The van der Waals surface area contributed by atoms with Crippen molar-refractivity contribution in [3.05, 3.63) is 0 Å². The summed E-state index contributed by atoms with van der Waals surface area (Å²) in [5, 5.41) is 26.7. The predicted octanol–water partition coefficient (Wildman–Crippen LogP) is 2.87. The Bertz CT molecular complexity index is 348. The fourth-order valence-corrected chi connectivity index (χ4v) is 1.72. The Hall–Kier alpha value is -1.97. The summed E-state index contributed by atoms with van der Waals surface area (Å²) < 4.78 is 0. The Morgan fingerprint density at radius 1 is 0.824 bits per heavy atom. The minimum atomic E-state index is -0.237. The molecule has 0 aromatic heterocycles. The summed E-state index contributed by atoms with van der Waals surface area (Å²) in [5.41, 5.74) is 0. The van der Waals surface area contributed by atoms with Crippen molar-refractivity contribution in [1.29, 1.82) is 15.8 Å². The van der Waals surface area contributed by atoms with Crippen LogP contribution in [0.5, 0.6) is 0 Å². The van der Waals surface area contributed by atoms with Crippen molar-refractivity contribution in [1.82, 2.24) is 0 Å². The summed E-state index contributed by atoms with van der Waals surface area (Å²) in [7, 11) is 0. The summed E-state index contributed by atoms with van der Waals surface area (Å²) in [4.78, 5) is 0. The number of nitriles is 3. The van der Waals surface area contributed by atoms with Crippen molar-refractivity contribution in [2.45, 2.75) is 33.1 Å². The highest BCUT2D eigenvalue weighted by molar-refractivity contribution is 4.98. The second-order valence-electron chi connectivity index (χ2n) is 4.46. The third kappa shape index (κ3) is 6.25. The van der Waals surface area contributed by atoms with Gasteiger partial charge in [0.2, 0.25) is 0 Å². The lowest BCUT2D eigenvalue weighted by atomic mass is 9.85. The smallest absolute Gasteiger partial charge is 0.0656 e. The molecule has 0 amide bonds. The van der Waals surface area contributed by atoms with Crippen LogP contribution >= 0.6 is 0 Å². The molecule has 0 bridgehead atoms. The van der Waals surface area contributed by atoms with Gasteiger partial charge < -0.3 is 0 Å². The highest BCUT2D eigenvalue weighted by Gasteiger charge is 2.19. The monoisotopic (exact) mass is 227 g/mol. The number of nitrogens with zero attached hydrogens (tertiary/aromatic N) is 3. The minimum absolute atomic E-state index is 0.0485. The molecule has 88 valence electrons. The Morgan fingerprint density at radius 2 is 1.29 bits per heavy atom. The first kappa shape index (κ1) is 15.0. The van der Waals surface area contributed by atoms with E-state index in [0.29, 0.717) is 19.3 Å². The van der Waals surface area contributed by atoms with Crippen LogP contribution in [-0.4, -0.2) is 0 Å². The molecule has 4 atom stereocenters. The molecule has 0 N–H and O–H groups in total. The zero-order valence-electron chi connectivity index (χ0n) is 10.3. The van der Waals surface area contributed by atoms with Gasteiger partial charge in [-0.1, -0.05) is 6.92 Å². The van der Waals surface area contributed by atoms with Gasteiger partial charge in [-0.15, -0.1) is 12.3 Å². The minimum Gasteiger partial charge on any atom is -0.198 e. The fourth-order valence-electron chi connectivity index (χ4n) is 1.72. The molecule has 4 unspecified atom stereocenters. The number of hydrogen-bond acceptors (Lipinski definition) is 3. The molecule has 0 saturated heterocycles. The lowest BCUT2D eigenvalue weighted by Crippen LogP contribution is -2.11. The molecule has 0 saturated carbocycles. The van der Waals surface area contributed by atoms with Gasteiger partial charge in [-0.25, -0.2) is 0 Å². The van der Waals surface area contributed by atoms with Gasteiger partial charge in [0.15, 0.2) is 0 Å². The molecule has 0 aromatic carbocycles. The van der Waals surface area contributed by atoms with E-state index in [4.69, 9.17) is 22.2 Å². The third-order valence-corrected chi connectivity index (χ3v) is 2.72. The summed E-state index contributed by atoms with van der Waals surface area (Å²) >= 11 is 0. The van der Waals surface area contributed by atoms with Crippen LogP contribution in [0, 0.1) is 70.0 Å². The molecule has 0 spiro atoms. The standard InChI is InChI=1S/C14H17N3/c1-4-11(2)5-13(9-16)7-14(10-17)6-12(3)8-15/h1,11-14H,5-7H2,2-3H3. The van der Waals surface area contributed by atoms with E-state index in [2.05, 4.69) is 24.1 Å². The maximum Gasteiger partial charge on any atom is 0.0656 e. The van der Waals surface area contributed by atoms with Crippen LogP contribution in [0.1, 0.15) is 33.1 Å². The van der Waals surface area contributed by atoms with Gasteiger partial charge in [0.1, 0.15) is 0 Å². The molecule has 0 fully saturated rings. The number of terminal acetylenes is 1. The van der Waals surface area contributed by atoms with Crippen molar-refractivity contribution in [3.63, 3.8) is 0 Å². The van der Waals surface area contributed by atoms with E-state index in [-0.39, 0.29) is 23.7 Å². The molecular formula is C14H17N3. The fraction of sp³-hybridized carbons (Fsp3) is 0.643. The largest absolute Gasteiger partial charge is 0.198 e. The SMILES string of the molecule is C#CC(C)CC(C#N)CC(C#N)CC(C)C#N. The van der Waals surface area contributed by atoms with Crippen LogP contribution < -0.4 is 0 Å². The maximum atomic E-state index is 9.01. The second kappa shape index (κ2) is 8.21. The van der Waals surface area contributed by atoms with Crippen molar-refractivity contribution in [2.75, 3.05) is 0 Å². The molecule has 0 aliphatic heterocycles. The Morgan fingerprint density at radius 3 is 1.65 bits per heavy atom. The van der Waals surface area contributed by atoms with E-state index in [1.165, 1.54) is 0 Å². The summed E-state index contributed by atoms with van der Waals surface area (Å²) in [6.07, 6.45) is 6.92. The second-order valence-corrected chi connectivity index (χ2v) is 4.46. The Kier molecular flexibility index (Phi) is 7.26. The maximum absolute atomic E-state index is 9.01. The normalized spacial score (nSPS) is 16.4. The molecule has 0 radical (unpaired) electrons. The van der Waals surface area contributed by atoms with Crippen LogP contribution in [0.2, 0.25) is 0 Å². The van der Waals surface area contributed by atoms with Gasteiger partial charge >= 0.3 is 0 Å². The topological polar surface area (TPSA) is 71.4 Å². The molecule has 0 heterocycles. The average molecular weight is 227 g/mol. The first-order valence-electron chi connectivity index (χ1n) is 5.72. The number of rotatable bonds is 6. The van der Waals surface area contributed by atoms with E-state index in [9.17, 15) is 0 Å².